The molecule has 1 atom stereocenters. The molecule has 23 heavy (non-hydrogen) atoms. The number of hydrogen-bond acceptors (Lipinski definition) is 5. The monoisotopic (exact) mass is 334 g/mol. The van der Waals surface area contributed by atoms with Gasteiger partial charge in [-0.3, -0.25) is 4.79 Å². The van der Waals surface area contributed by atoms with Gasteiger partial charge in [0.1, 0.15) is 12.9 Å². The van der Waals surface area contributed by atoms with Gasteiger partial charge in [-0.1, -0.05) is 30.3 Å². The molecular formula is C15H18N4O3S. The first-order valence-corrected chi connectivity index (χ1v) is 9.30. The van der Waals surface area contributed by atoms with Crippen molar-refractivity contribution in [2.24, 2.45) is 0 Å². The summed E-state index contributed by atoms with van der Waals surface area (Å²) in [7, 11) is -3.10. The van der Waals surface area contributed by atoms with Crippen molar-refractivity contribution in [3.63, 3.8) is 0 Å². The molecule has 0 N–H and O–H groups in total. The molecule has 1 aromatic heterocycles. The Morgan fingerprint density at radius 3 is 2.70 bits per heavy atom. The molecule has 8 heteroatoms. The molecule has 0 radical (unpaired) electrons. The quantitative estimate of drug-likeness (QED) is 0.817. The smallest absolute Gasteiger partial charge is 0.244 e. The molecule has 2 heterocycles. The molecule has 1 aliphatic rings. The van der Waals surface area contributed by atoms with Crippen molar-refractivity contribution < 1.29 is 13.2 Å². The molecule has 1 amide bonds. The number of hydrogen-bond donors (Lipinski definition) is 0. The minimum Gasteiger partial charge on any atom is -0.340 e. The molecular weight excluding hydrogens is 316 g/mol. The number of benzene rings is 1. The molecule has 1 unspecified atom stereocenters. The summed E-state index contributed by atoms with van der Waals surface area (Å²) in [4.78, 5) is 18.1. The lowest BCUT2D eigenvalue weighted by Gasteiger charge is -2.15. The average Bonchev–Trinajstić information content (AvgIpc) is 3.17. The van der Waals surface area contributed by atoms with E-state index in [4.69, 9.17) is 0 Å². The van der Waals surface area contributed by atoms with E-state index in [9.17, 15) is 13.2 Å². The number of likely N-dealkylation sites (tertiary alicyclic amines) is 1. The average molecular weight is 334 g/mol. The second-order valence-electron chi connectivity index (χ2n) is 5.71. The van der Waals surface area contributed by atoms with Crippen molar-refractivity contribution in [1.82, 2.24) is 19.7 Å². The van der Waals surface area contributed by atoms with E-state index in [-0.39, 0.29) is 19.0 Å². The summed E-state index contributed by atoms with van der Waals surface area (Å²) >= 11 is 0. The number of aromatic nitrogens is 3. The van der Waals surface area contributed by atoms with E-state index in [1.54, 1.807) is 4.90 Å². The number of sulfone groups is 1. The molecule has 3 rings (SSSR count). The SMILES string of the molecule is CS(=O)(=O)C1CCN(C(=O)Cn2cnc(-c3ccccc3)n2)C1. The Kier molecular flexibility index (Phi) is 4.16. The maximum atomic E-state index is 12.3. The van der Waals surface area contributed by atoms with Crippen LogP contribution in [0.4, 0.5) is 0 Å². The van der Waals surface area contributed by atoms with Crippen LogP contribution in [0.15, 0.2) is 36.7 Å². The molecule has 0 saturated carbocycles. The van der Waals surface area contributed by atoms with Gasteiger partial charge < -0.3 is 4.90 Å². The highest BCUT2D eigenvalue weighted by molar-refractivity contribution is 7.91. The van der Waals surface area contributed by atoms with E-state index in [2.05, 4.69) is 10.1 Å². The standard InChI is InChI=1S/C15H18N4O3S/c1-23(21,22)13-7-8-18(9-13)14(20)10-19-11-16-15(17-19)12-5-3-2-4-6-12/h2-6,11,13H,7-10H2,1H3. The normalized spacial score (nSPS) is 18.3. The molecule has 0 bridgehead atoms. The van der Waals surface area contributed by atoms with Crippen LogP contribution in [0.25, 0.3) is 11.4 Å². The third kappa shape index (κ3) is 3.58. The van der Waals surface area contributed by atoms with Gasteiger partial charge in [0.2, 0.25) is 5.91 Å². The van der Waals surface area contributed by atoms with E-state index >= 15 is 0 Å². The van der Waals surface area contributed by atoms with Gasteiger partial charge in [-0.05, 0) is 6.42 Å². The third-order valence-electron chi connectivity index (χ3n) is 3.97. The van der Waals surface area contributed by atoms with E-state index in [1.807, 2.05) is 30.3 Å². The Balaban J connectivity index is 1.64. The van der Waals surface area contributed by atoms with Crippen LogP contribution in [0.2, 0.25) is 0 Å². The molecule has 1 aliphatic heterocycles. The van der Waals surface area contributed by atoms with E-state index in [1.165, 1.54) is 17.3 Å². The fraction of sp³-hybridized carbons (Fsp3) is 0.400. The van der Waals surface area contributed by atoms with E-state index in [0.717, 1.165) is 5.56 Å². The van der Waals surface area contributed by atoms with Gasteiger partial charge in [-0.2, -0.15) is 5.10 Å². The first-order valence-electron chi connectivity index (χ1n) is 7.35. The topological polar surface area (TPSA) is 85.2 Å². The van der Waals surface area contributed by atoms with E-state index < -0.39 is 15.1 Å². The van der Waals surface area contributed by atoms with Crippen LogP contribution in [0.3, 0.4) is 0 Å². The molecule has 0 aliphatic carbocycles. The van der Waals surface area contributed by atoms with Crippen molar-refractivity contribution in [3.8, 4) is 11.4 Å². The lowest BCUT2D eigenvalue weighted by Crippen LogP contribution is -2.34. The van der Waals surface area contributed by atoms with E-state index in [0.29, 0.717) is 18.8 Å². The summed E-state index contributed by atoms with van der Waals surface area (Å²) in [6, 6.07) is 9.51. The Bertz CT molecular complexity index is 801. The second-order valence-corrected chi connectivity index (χ2v) is 8.04. The fourth-order valence-corrected chi connectivity index (χ4v) is 3.62. The summed E-state index contributed by atoms with van der Waals surface area (Å²) in [5.74, 6) is 0.425. The Morgan fingerprint density at radius 2 is 2.04 bits per heavy atom. The minimum absolute atomic E-state index is 0.0658. The zero-order chi connectivity index (χ0) is 16.4. The van der Waals surface area contributed by atoms with Gasteiger partial charge in [0, 0.05) is 24.9 Å². The Labute approximate surface area is 134 Å². The number of carbonyl (C=O) groups excluding carboxylic acids is 1. The molecule has 1 aromatic carbocycles. The maximum Gasteiger partial charge on any atom is 0.244 e. The highest BCUT2D eigenvalue weighted by Gasteiger charge is 2.32. The summed E-state index contributed by atoms with van der Waals surface area (Å²) in [6.45, 7) is 0.797. The van der Waals surface area contributed by atoms with Crippen LogP contribution in [0, 0.1) is 0 Å². The summed E-state index contributed by atoms with van der Waals surface area (Å²) < 4.78 is 24.6. The number of nitrogens with zero attached hydrogens (tertiary/aromatic N) is 4. The first kappa shape index (κ1) is 15.7. The molecule has 1 saturated heterocycles. The lowest BCUT2D eigenvalue weighted by atomic mass is 10.2. The van der Waals surface area contributed by atoms with Crippen molar-refractivity contribution in [2.75, 3.05) is 19.3 Å². The molecule has 7 nitrogen and oxygen atoms in total. The fourth-order valence-electron chi connectivity index (χ4n) is 2.63. The first-order chi connectivity index (χ1) is 10.9. The Morgan fingerprint density at radius 1 is 1.30 bits per heavy atom. The predicted octanol–water partition coefficient (Wildman–Crippen LogP) is 0.591. The molecule has 0 spiro atoms. The number of amides is 1. The van der Waals surface area contributed by atoms with Crippen LogP contribution in [0.5, 0.6) is 0 Å². The summed E-state index contributed by atoms with van der Waals surface area (Å²) in [6.07, 6.45) is 3.23. The van der Waals surface area contributed by atoms with Crippen molar-refractivity contribution >= 4 is 15.7 Å². The van der Waals surface area contributed by atoms with Gasteiger partial charge in [0.05, 0.1) is 5.25 Å². The Hall–Kier alpha value is -2.22. The third-order valence-corrected chi connectivity index (χ3v) is 5.56. The minimum atomic E-state index is -3.10. The molecule has 2 aromatic rings. The van der Waals surface area contributed by atoms with Crippen molar-refractivity contribution in [3.05, 3.63) is 36.7 Å². The highest BCUT2D eigenvalue weighted by atomic mass is 32.2. The van der Waals surface area contributed by atoms with Crippen LogP contribution in [-0.2, 0) is 21.2 Å². The lowest BCUT2D eigenvalue weighted by molar-refractivity contribution is -0.130. The zero-order valence-electron chi connectivity index (χ0n) is 12.8. The maximum absolute atomic E-state index is 12.3. The predicted molar refractivity (Wildman–Crippen MR) is 85.3 cm³/mol. The van der Waals surface area contributed by atoms with Crippen LogP contribution in [0.1, 0.15) is 6.42 Å². The summed E-state index contributed by atoms with van der Waals surface area (Å²) in [5, 5.41) is 3.84. The summed E-state index contributed by atoms with van der Waals surface area (Å²) in [5.41, 5.74) is 0.886. The van der Waals surface area contributed by atoms with Gasteiger partial charge in [0.25, 0.3) is 0 Å². The molecule has 1 fully saturated rings. The van der Waals surface area contributed by atoms with Gasteiger partial charge >= 0.3 is 0 Å². The molecule has 122 valence electrons. The van der Waals surface area contributed by atoms with Crippen LogP contribution >= 0.6 is 0 Å². The van der Waals surface area contributed by atoms with Gasteiger partial charge in [-0.25, -0.2) is 18.1 Å². The largest absolute Gasteiger partial charge is 0.340 e. The van der Waals surface area contributed by atoms with Crippen LogP contribution in [-0.4, -0.2) is 58.6 Å². The van der Waals surface area contributed by atoms with Crippen molar-refractivity contribution in [2.45, 2.75) is 18.2 Å². The van der Waals surface area contributed by atoms with Gasteiger partial charge in [0.15, 0.2) is 15.7 Å². The second kappa shape index (κ2) is 6.11. The van der Waals surface area contributed by atoms with Gasteiger partial charge in [-0.15, -0.1) is 0 Å². The van der Waals surface area contributed by atoms with Crippen molar-refractivity contribution in [1.29, 1.82) is 0 Å². The number of rotatable bonds is 4. The van der Waals surface area contributed by atoms with Crippen LogP contribution < -0.4 is 0 Å². The zero-order valence-corrected chi connectivity index (χ0v) is 13.6. The number of carbonyl (C=O) groups is 1. The highest BCUT2D eigenvalue weighted by Crippen LogP contribution is 2.17.